The summed E-state index contributed by atoms with van der Waals surface area (Å²) >= 11 is 0. The first-order chi connectivity index (χ1) is 9.76. The average Bonchev–Trinajstić information content (AvgIpc) is 2.90. The quantitative estimate of drug-likeness (QED) is 0.730. The molecule has 0 bridgehead atoms. The van der Waals surface area contributed by atoms with Crippen LogP contribution in [-0.2, 0) is 6.61 Å². The van der Waals surface area contributed by atoms with Gasteiger partial charge in [0, 0.05) is 5.69 Å². The second kappa shape index (κ2) is 5.21. The monoisotopic (exact) mass is 269 g/mol. The number of aryl methyl sites for hydroxylation is 1. The van der Waals surface area contributed by atoms with Crippen molar-refractivity contribution in [2.75, 3.05) is 7.11 Å². The van der Waals surface area contributed by atoms with E-state index in [0.717, 1.165) is 22.8 Å². The van der Waals surface area contributed by atoms with Crippen molar-refractivity contribution in [1.82, 2.24) is 14.6 Å². The van der Waals surface area contributed by atoms with Crippen LogP contribution in [0.5, 0.6) is 11.5 Å². The Morgan fingerprint density at radius 3 is 2.50 bits per heavy atom. The first-order valence-electron chi connectivity index (χ1n) is 6.34. The fourth-order valence-electron chi connectivity index (χ4n) is 1.96. The lowest BCUT2D eigenvalue weighted by molar-refractivity contribution is 0.295. The molecule has 5 nitrogen and oxygen atoms in total. The van der Waals surface area contributed by atoms with Gasteiger partial charge >= 0.3 is 0 Å². The van der Waals surface area contributed by atoms with Crippen LogP contribution in [0.3, 0.4) is 0 Å². The number of aromatic nitrogens is 3. The average molecular weight is 269 g/mol. The van der Waals surface area contributed by atoms with E-state index < -0.39 is 0 Å². The van der Waals surface area contributed by atoms with E-state index in [1.807, 2.05) is 53.9 Å². The van der Waals surface area contributed by atoms with Gasteiger partial charge in [-0.25, -0.2) is 9.50 Å². The van der Waals surface area contributed by atoms with E-state index in [9.17, 15) is 0 Å². The predicted octanol–water partition coefficient (Wildman–Crippen LogP) is 2.63. The van der Waals surface area contributed by atoms with E-state index in [1.54, 1.807) is 7.11 Å². The molecule has 0 atom stereocenters. The minimum absolute atomic E-state index is 0.341. The molecule has 0 saturated carbocycles. The number of methoxy groups -OCH3 is 1. The molecule has 0 N–H and O–H groups in total. The largest absolute Gasteiger partial charge is 0.497 e. The van der Waals surface area contributed by atoms with E-state index in [4.69, 9.17) is 9.47 Å². The van der Waals surface area contributed by atoms with Gasteiger partial charge in [0.2, 0.25) is 0 Å². The fraction of sp³-hybridized carbons (Fsp3) is 0.200. The van der Waals surface area contributed by atoms with Gasteiger partial charge in [-0.3, -0.25) is 0 Å². The number of hydrogen-bond donors (Lipinski definition) is 0. The molecule has 0 aliphatic rings. The van der Waals surface area contributed by atoms with Crippen molar-refractivity contribution >= 4 is 5.65 Å². The summed E-state index contributed by atoms with van der Waals surface area (Å²) in [5.41, 5.74) is 1.88. The minimum Gasteiger partial charge on any atom is -0.497 e. The van der Waals surface area contributed by atoms with Gasteiger partial charge < -0.3 is 9.47 Å². The molecule has 3 aromatic rings. The van der Waals surface area contributed by atoms with Gasteiger partial charge in [-0.2, -0.15) is 0 Å². The molecule has 0 saturated heterocycles. The van der Waals surface area contributed by atoms with Crippen LogP contribution in [0.25, 0.3) is 5.65 Å². The third-order valence-electron chi connectivity index (χ3n) is 3.02. The van der Waals surface area contributed by atoms with E-state index in [-0.39, 0.29) is 0 Å². The van der Waals surface area contributed by atoms with Crippen molar-refractivity contribution in [1.29, 1.82) is 0 Å². The highest BCUT2D eigenvalue weighted by molar-refractivity contribution is 5.38. The lowest BCUT2D eigenvalue weighted by Crippen LogP contribution is -1.99. The van der Waals surface area contributed by atoms with Crippen LogP contribution < -0.4 is 9.47 Å². The molecule has 0 aliphatic heterocycles. The lowest BCUT2D eigenvalue weighted by Gasteiger charge is -2.04. The smallest absolute Gasteiger partial charge is 0.189 e. The number of benzene rings is 1. The van der Waals surface area contributed by atoms with E-state index in [1.165, 1.54) is 0 Å². The molecular formula is C15H15N3O2. The molecule has 3 rings (SSSR count). The first-order valence-corrected chi connectivity index (χ1v) is 6.34. The van der Waals surface area contributed by atoms with Crippen LogP contribution in [-0.4, -0.2) is 21.7 Å². The van der Waals surface area contributed by atoms with Crippen molar-refractivity contribution in [3.63, 3.8) is 0 Å². The molecule has 0 spiro atoms. The van der Waals surface area contributed by atoms with Gasteiger partial charge in [-0.05, 0) is 43.3 Å². The molecule has 1 aromatic carbocycles. The molecule has 0 amide bonds. The number of pyridine rings is 1. The second-order valence-electron chi connectivity index (χ2n) is 4.43. The van der Waals surface area contributed by atoms with Crippen LogP contribution in [0.4, 0.5) is 0 Å². The maximum atomic E-state index is 5.67. The van der Waals surface area contributed by atoms with Crippen molar-refractivity contribution < 1.29 is 9.47 Å². The summed E-state index contributed by atoms with van der Waals surface area (Å²) in [6, 6.07) is 13.3. The molecule has 2 aromatic heterocycles. The Morgan fingerprint density at radius 2 is 1.80 bits per heavy atom. The molecule has 0 aliphatic carbocycles. The molecule has 2 heterocycles. The van der Waals surface area contributed by atoms with Gasteiger partial charge in [0.05, 0.1) is 7.11 Å². The molecule has 5 heteroatoms. The Morgan fingerprint density at radius 1 is 1.05 bits per heavy atom. The molecule has 0 radical (unpaired) electrons. The molecular weight excluding hydrogens is 254 g/mol. The zero-order chi connectivity index (χ0) is 13.9. The third-order valence-corrected chi connectivity index (χ3v) is 3.02. The maximum Gasteiger partial charge on any atom is 0.189 e. The summed E-state index contributed by atoms with van der Waals surface area (Å²) in [6.45, 7) is 2.34. The zero-order valence-corrected chi connectivity index (χ0v) is 11.4. The van der Waals surface area contributed by atoms with Crippen LogP contribution in [0.2, 0.25) is 0 Å². The zero-order valence-electron chi connectivity index (χ0n) is 11.4. The standard InChI is InChI=1S/C15H15N3O2/c1-11-4-3-5-15-16-14(17-18(11)15)10-20-13-8-6-12(19-2)7-9-13/h3-9H,10H2,1-2H3. The minimum atomic E-state index is 0.341. The summed E-state index contributed by atoms with van der Waals surface area (Å²) in [4.78, 5) is 4.42. The van der Waals surface area contributed by atoms with Crippen LogP contribution in [0.1, 0.15) is 11.5 Å². The molecule has 20 heavy (non-hydrogen) atoms. The summed E-state index contributed by atoms with van der Waals surface area (Å²) in [7, 11) is 1.64. The van der Waals surface area contributed by atoms with E-state index in [0.29, 0.717) is 12.4 Å². The maximum absolute atomic E-state index is 5.67. The molecule has 0 fully saturated rings. The highest BCUT2D eigenvalue weighted by atomic mass is 16.5. The van der Waals surface area contributed by atoms with Gasteiger partial charge in [-0.15, -0.1) is 5.10 Å². The van der Waals surface area contributed by atoms with Gasteiger partial charge in [0.25, 0.3) is 0 Å². The number of ether oxygens (including phenoxy) is 2. The Balaban J connectivity index is 1.74. The van der Waals surface area contributed by atoms with Crippen LogP contribution in [0, 0.1) is 6.92 Å². The highest BCUT2D eigenvalue weighted by Crippen LogP contribution is 2.17. The van der Waals surface area contributed by atoms with Crippen molar-refractivity contribution in [3.8, 4) is 11.5 Å². The Kier molecular flexibility index (Phi) is 3.25. The SMILES string of the molecule is COc1ccc(OCc2nc3cccc(C)n3n2)cc1. The summed E-state index contributed by atoms with van der Waals surface area (Å²) in [6.07, 6.45) is 0. The van der Waals surface area contributed by atoms with Gasteiger partial charge in [0.1, 0.15) is 18.1 Å². The topological polar surface area (TPSA) is 48.7 Å². The van der Waals surface area contributed by atoms with E-state index >= 15 is 0 Å². The highest BCUT2D eigenvalue weighted by Gasteiger charge is 2.05. The summed E-state index contributed by atoms with van der Waals surface area (Å²) in [5.74, 6) is 2.23. The second-order valence-corrected chi connectivity index (χ2v) is 4.43. The fourth-order valence-corrected chi connectivity index (χ4v) is 1.96. The molecule has 0 unspecified atom stereocenters. The Bertz CT molecular complexity index is 720. The van der Waals surface area contributed by atoms with Gasteiger partial charge in [0.15, 0.2) is 11.5 Å². The molecule has 102 valence electrons. The van der Waals surface area contributed by atoms with Crippen molar-refractivity contribution in [3.05, 3.63) is 54.0 Å². The number of rotatable bonds is 4. The lowest BCUT2D eigenvalue weighted by atomic mass is 10.3. The normalized spacial score (nSPS) is 10.7. The summed E-state index contributed by atoms with van der Waals surface area (Å²) in [5, 5.41) is 4.42. The number of fused-ring (bicyclic) bond motifs is 1. The number of hydrogen-bond acceptors (Lipinski definition) is 4. The first kappa shape index (κ1) is 12.5. The summed E-state index contributed by atoms with van der Waals surface area (Å²) < 4.78 is 12.6. The Hall–Kier alpha value is -2.56. The van der Waals surface area contributed by atoms with E-state index in [2.05, 4.69) is 10.1 Å². The van der Waals surface area contributed by atoms with Gasteiger partial charge in [-0.1, -0.05) is 6.07 Å². The third kappa shape index (κ3) is 2.42. The van der Waals surface area contributed by atoms with Crippen molar-refractivity contribution in [2.45, 2.75) is 13.5 Å². The van der Waals surface area contributed by atoms with Crippen LogP contribution >= 0.6 is 0 Å². The number of nitrogens with zero attached hydrogens (tertiary/aromatic N) is 3. The predicted molar refractivity (Wildman–Crippen MR) is 75.1 cm³/mol. The van der Waals surface area contributed by atoms with Crippen molar-refractivity contribution in [2.24, 2.45) is 0 Å². The Labute approximate surface area is 116 Å². The van der Waals surface area contributed by atoms with Crippen LogP contribution in [0.15, 0.2) is 42.5 Å².